The van der Waals surface area contributed by atoms with Crippen LogP contribution in [0, 0.1) is 5.82 Å². The molecular weight excluding hydrogens is 578 g/mol. The third-order valence-corrected chi connectivity index (χ3v) is 5.71. The van der Waals surface area contributed by atoms with Crippen LogP contribution >= 0.6 is 11.6 Å². The predicted octanol–water partition coefficient (Wildman–Crippen LogP) is 4.99. The second-order valence-corrected chi connectivity index (χ2v) is 8.67. The van der Waals surface area contributed by atoms with E-state index in [2.05, 4.69) is 9.97 Å². The van der Waals surface area contributed by atoms with E-state index in [1.807, 2.05) is 0 Å². The van der Waals surface area contributed by atoms with Gasteiger partial charge >= 0.3 is 12.1 Å². The van der Waals surface area contributed by atoms with Crippen LogP contribution in [0.5, 0.6) is 11.6 Å². The molecule has 0 aliphatic carbocycles. The lowest BCUT2D eigenvalue weighted by Crippen LogP contribution is -2.47. The number of amides is 1. The van der Waals surface area contributed by atoms with Crippen molar-refractivity contribution in [3.63, 3.8) is 0 Å². The SMILES string of the molecule is COCC(COC)N(C(=O)c1ccc(Cl)cn1)c1cc(F)c(Oc2ncc(C=O)cc2C(F)(F)F)cc1C(=O)OC. The molecule has 0 aliphatic rings. The molecule has 0 saturated carbocycles. The molecule has 15 heteroatoms. The molecule has 2 aromatic heterocycles. The Morgan fingerprint density at radius 2 is 1.73 bits per heavy atom. The molecule has 0 fully saturated rings. The third kappa shape index (κ3) is 7.34. The highest BCUT2D eigenvalue weighted by Gasteiger charge is 2.37. The number of benzene rings is 1. The summed E-state index contributed by atoms with van der Waals surface area (Å²) >= 11 is 5.88. The van der Waals surface area contributed by atoms with E-state index < -0.39 is 58.2 Å². The first kappa shape index (κ1) is 31.4. The maximum atomic E-state index is 15.5. The Kier molecular flexibility index (Phi) is 10.3. The number of aldehydes is 1. The Morgan fingerprint density at radius 3 is 2.27 bits per heavy atom. The maximum Gasteiger partial charge on any atom is 0.421 e. The van der Waals surface area contributed by atoms with E-state index in [-0.39, 0.29) is 35.9 Å². The normalized spacial score (nSPS) is 11.3. The van der Waals surface area contributed by atoms with Crippen molar-refractivity contribution in [2.75, 3.05) is 39.4 Å². The minimum absolute atomic E-state index is 0.141. The molecule has 1 aromatic carbocycles. The van der Waals surface area contributed by atoms with Gasteiger partial charge < -0.3 is 18.9 Å². The molecule has 2 heterocycles. The third-order valence-electron chi connectivity index (χ3n) is 5.48. The fourth-order valence-corrected chi connectivity index (χ4v) is 3.81. The Morgan fingerprint density at radius 1 is 1.05 bits per heavy atom. The van der Waals surface area contributed by atoms with Crippen LogP contribution in [-0.2, 0) is 20.4 Å². The number of alkyl halides is 3. The van der Waals surface area contributed by atoms with Gasteiger partial charge in [0.15, 0.2) is 17.9 Å². The van der Waals surface area contributed by atoms with Crippen molar-refractivity contribution in [2.24, 2.45) is 0 Å². The highest BCUT2D eigenvalue weighted by atomic mass is 35.5. The number of carbonyl (C=O) groups is 3. The van der Waals surface area contributed by atoms with Crippen LogP contribution in [0.25, 0.3) is 0 Å². The maximum absolute atomic E-state index is 15.5. The van der Waals surface area contributed by atoms with E-state index >= 15 is 4.39 Å². The van der Waals surface area contributed by atoms with Crippen LogP contribution < -0.4 is 9.64 Å². The van der Waals surface area contributed by atoms with Crippen LogP contribution in [0.15, 0.2) is 42.7 Å². The van der Waals surface area contributed by atoms with Gasteiger partial charge in [-0.2, -0.15) is 13.2 Å². The van der Waals surface area contributed by atoms with Crippen molar-refractivity contribution in [3.05, 3.63) is 75.9 Å². The number of carbonyl (C=O) groups excluding carboxylic acids is 3. The first-order valence-corrected chi connectivity index (χ1v) is 11.9. The molecule has 1 amide bonds. The second kappa shape index (κ2) is 13.5. The summed E-state index contributed by atoms with van der Waals surface area (Å²) in [7, 11) is 3.68. The summed E-state index contributed by atoms with van der Waals surface area (Å²) in [5, 5.41) is 0.231. The van der Waals surface area contributed by atoms with Crippen molar-refractivity contribution >= 4 is 35.5 Å². The Labute approximate surface area is 235 Å². The number of anilines is 1. The summed E-state index contributed by atoms with van der Waals surface area (Å²) in [5.74, 6) is -5.10. The topological polar surface area (TPSA) is 117 Å². The van der Waals surface area contributed by atoms with Crippen LogP contribution in [0.2, 0.25) is 5.02 Å². The summed E-state index contributed by atoms with van der Waals surface area (Å²) in [6, 6.07) is 3.69. The smallest absolute Gasteiger partial charge is 0.421 e. The molecule has 3 aromatic rings. The number of ether oxygens (including phenoxy) is 4. The molecule has 41 heavy (non-hydrogen) atoms. The van der Waals surface area contributed by atoms with Gasteiger partial charge in [-0.1, -0.05) is 11.6 Å². The lowest BCUT2D eigenvalue weighted by Gasteiger charge is -2.32. The van der Waals surface area contributed by atoms with Crippen LogP contribution in [0.1, 0.15) is 36.8 Å². The number of rotatable bonds is 11. The zero-order valence-electron chi connectivity index (χ0n) is 21.7. The number of pyridine rings is 2. The fourth-order valence-electron chi connectivity index (χ4n) is 3.69. The molecule has 0 N–H and O–H groups in total. The molecule has 218 valence electrons. The first-order valence-electron chi connectivity index (χ1n) is 11.5. The zero-order chi connectivity index (χ0) is 30.3. The van der Waals surface area contributed by atoms with Crippen molar-refractivity contribution in [1.82, 2.24) is 9.97 Å². The van der Waals surface area contributed by atoms with Gasteiger partial charge in [-0.25, -0.2) is 19.2 Å². The lowest BCUT2D eigenvalue weighted by atomic mass is 10.1. The number of methoxy groups -OCH3 is 3. The van der Waals surface area contributed by atoms with Crippen molar-refractivity contribution in [2.45, 2.75) is 12.2 Å². The second-order valence-electron chi connectivity index (χ2n) is 8.23. The number of halogens is 5. The summed E-state index contributed by atoms with van der Waals surface area (Å²) in [6.07, 6.45) is -2.88. The number of aromatic nitrogens is 2. The van der Waals surface area contributed by atoms with E-state index in [4.69, 9.17) is 30.5 Å². The van der Waals surface area contributed by atoms with Gasteiger partial charge in [0.05, 0.1) is 42.6 Å². The molecule has 0 saturated heterocycles. The monoisotopic (exact) mass is 599 g/mol. The Hall–Kier alpha value is -4.14. The molecular formula is C26H22ClF4N3O7. The number of nitrogens with zero attached hydrogens (tertiary/aromatic N) is 3. The number of esters is 1. The number of hydrogen-bond acceptors (Lipinski definition) is 9. The molecule has 0 bridgehead atoms. The van der Waals surface area contributed by atoms with Gasteiger partial charge in [0.25, 0.3) is 5.91 Å². The van der Waals surface area contributed by atoms with Gasteiger partial charge in [-0.15, -0.1) is 0 Å². The van der Waals surface area contributed by atoms with Crippen LogP contribution in [-0.4, -0.2) is 68.7 Å². The lowest BCUT2D eigenvalue weighted by molar-refractivity contribution is -0.138. The average molecular weight is 600 g/mol. The van der Waals surface area contributed by atoms with Gasteiger partial charge in [0, 0.05) is 44.3 Å². The highest BCUT2D eigenvalue weighted by Crippen LogP contribution is 2.39. The summed E-state index contributed by atoms with van der Waals surface area (Å²) in [5.41, 5.74) is -2.80. The molecule has 0 radical (unpaired) electrons. The number of hydrogen-bond donors (Lipinski definition) is 0. The molecule has 0 atom stereocenters. The Bertz CT molecular complexity index is 1420. The average Bonchev–Trinajstić information content (AvgIpc) is 2.94. The molecule has 10 nitrogen and oxygen atoms in total. The van der Waals surface area contributed by atoms with Crippen molar-refractivity contribution < 1.29 is 50.9 Å². The summed E-state index contributed by atoms with van der Waals surface area (Å²) < 4.78 is 76.7. The summed E-state index contributed by atoms with van der Waals surface area (Å²) in [6.45, 7) is -0.287. The molecule has 0 spiro atoms. The van der Waals surface area contributed by atoms with E-state index in [0.717, 1.165) is 24.3 Å². The minimum Gasteiger partial charge on any atom is -0.465 e. The van der Waals surface area contributed by atoms with Gasteiger partial charge in [0.1, 0.15) is 11.3 Å². The van der Waals surface area contributed by atoms with E-state index in [0.29, 0.717) is 12.1 Å². The highest BCUT2D eigenvalue weighted by molar-refractivity contribution is 6.30. The fraction of sp³-hybridized carbons (Fsp3) is 0.269. The van der Waals surface area contributed by atoms with E-state index in [1.165, 1.54) is 32.5 Å². The molecule has 3 rings (SSSR count). The Balaban J connectivity index is 2.22. The van der Waals surface area contributed by atoms with Crippen molar-refractivity contribution in [3.8, 4) is 11.6 Å². The van der Waals surface area contributed by atoms with Gasteiger partial charge in [-0.05, 0) is 18.2 Å². The molecule has 0 aliphatic heterocycles. The quantitative estimate of drug-likeness (QED) is 0.171. The van der Waals surface area contributed by atoms with Crippen LogP contribution in [0.3, 0.4) is 0 Å². The van der Waals surface area contributed by atoms with Gasteiger partial charge in [0.2, 0.25) is 5.88 Å². The summed E-state index contributed by atoms with van der Waals surface area (Å²) in [4.78, 5) is 45.9. The molecule has 0 unspecified atom stereocenters. The van der Waals surface area contributed by atoms with Gasteiger partial charge in [-0.3, -0.25) is 14.5 Å². The van der Waals surface area contributed by atoms with E-state index in [1.54, 1.807) is 0 Å². The first-order chi connectivity index (χ1) is 19.4. The van der Waals surface area contributed by atoms with E-state index in [9.17, 15) is 27.6 Å². The standard InChI is InChI=1S/C26H22ClF4N3O7/c1-38-12-16(13-39-2)34(24(36)20-5-4-15(27)10-32-20)21-8-19(28)22(7-17(21)25(37)40-3)41-23-18(26(29,30)31)6-14(11-35)9-33-23/h4-11,16H,12-13H2,1-3H3. The minimum atomic E-state index is -5.02. The zero-order valence-corrected chi connectivity index (χ0v) is 22.5. The predicted molar refractivity (Wildman–Crippen MR) is 136 cm³/mol. The van der Waals surface area contributed by atoms with Crippen molar-refractivity contribution in [1.29, 1.82) is 0 Å². The largest absolute Gasteiger partial charge is 0.465 e. The van der Waals surface area contributed by atoms with Crippen LogP contribution in [0.4, 0.5) is 23.2 Å².